The highest BCUT2D eigenvalue weighted by atomic mass is 16.3. The lowest BCUT2D eigenvalue weighted by Crippen LogP contribution is -2.36. The van der Waals surface area contributed by atoms with Gasteiger partial charge in [-0.25, -0.2) is 44.9 Å². The van der Waals surface area contributed by atoms with E-state index in [1.807, 2.05) is 118 Å². The number of aromatic nitrogens is 9. The molecule has 0 radical (unpaired) electrons. The van der Waals surface area contributed by atoms with E-state index in [1.165, 1.54) is 0 Å². The summed E-state index contributed by atoms with van der Waals surface area (Å²) in [6.07, 6.45) is 3.30. The molecular formula is C83H67N15O3. The molecule has 3 aliphatic rings. The van der Waals surface area contributed by atoms with Crippen LogP contribution in [-0.2, 0) is 0 Å². The fourth-order valence-electron chi connectivity index (χ4n) is 14.9. The van der Waals surface area contributed by atoms with Crippen molar-refractivity contribution < 1.29 is 13.3 Å². The number of rotatable bonds is 6. The molecule has 9 aromatic heterocycles. The average Bonchev–Trinajstić information content (AvgIpc) is 1.58. The highest BCUT2D eigenvalue weighted by Gasteiger charge is 2.43. The molecule has 17 aromatic rings. The molecule has 18 heteroatoms. The summed E-state index contributed by atoms with van der Waals surface area (Å²) in [5, 5.41) is 6.21. The van der Waals surface area contributed by atoms with Crippen LogP contribution in [0.15, 0.2) is 238 Å². The molecule has 0 unspecified atom stereocenters. The third-order valence-electron chi connectivity index (χ3n) is 19.6. The monoisotopic (exact) mass is 1320 g/mol. The second-order valence-electron chi connectivity index (χ2n) is 26.1. The van der Waals surface area contributed by atoms with Gasteiger partial charge in [0.2, 0.25) is 17.1 Å². The van der Waals surface area contributed by atoms with Gasteiger partial charge >= 0.3 is 0 Å². The van der Waals surface area contributed by atoms with Crippen LogP contribution < -0.4 is 29.4 Å². The van der Waals surface area contributed by atoms with Crippen molar-refractivity contribution in [1.82, 2.24) is 44.9 Å². The highest BCUT2D eigenvalue weighted by molar-refractivity contribution is 6.13. The van der Waals surface area contributed by atoms with Crippen LogP contribution in [-0.4, -0.2) is 63.4 Å². The molecule has 0 fully saturated rings. The first-order chi connectivity index (χ1) is 49.3. The molecule has 0 bridgehead atoms. The Bertz CT molecular complexity index is 5880. The molecule has 0 spiro atoms. The molecule has 0 N–H and O–H groups in total. The predicted octanol–water partition coefficient (Wildman–Crippen LogP) is 20.4. The number of fused-ring (bicyclic) bond motifs is 14. The molecule has 492 valence electrons. The Morgan fingerprint density at radius 2 is 0.515 bits per heavy atom. The van der Waals surface area contributed by atoms with E-state index in [1.54, 1.807) is 12.4 Å². The third-order valence-corrected chi connectivity index (χ3v) is 19.6. The van der Waals surface area contributed by atoms with E-state index in [0.717, 1.165) is 174 Å². The molecule has 0 saturated carbocycles. The second kappa shape index (κ2) is 23.7. The van der Waals surface area contributed by atoms with E-state index in [9.17, 15) is 0 Å². The quantitative estimate of drug-likeness (QED) is 0.154. The van der Waals surface area contributed by atoms with Crippen LogP contribution in [0.25, 0.3) is 88.3 Å². The van der Waals surface area contributed by atoms with Gasteiger partial charge in [0.05, 0.1) is 39.1 Å². The Hall–Kier alpha value is -12.8. The van der Waals surface area contributed by atoms with Gasteiger partial charge in [-0.1, -0.05) is 115 Å². The van der Waals surface area contributed by atoms with Gasteiger partial charge in [0.1, 0.15) is 18.5 Å². The lowest BCUT2D eigenvalue weighted by molar-refractivity contribution is 0.647. The molecule has 8 aromatic carbocycles. The fourth-order valence-corrected chi connectivity index (χ4v) is 14.9. The SMILES string of the molecule is Cc1ccc2c(n1)oc1c(N3c4nc5ccccc5nc4N(c4ccccc4)[C@@H]3C)c(C)ccc12.Cc1ccc2c(n1)oc1c(N3c4nc5ccccc5nc4N(c4ccccc4)[C@@H]3C)c(C)ccc12.Cc1ccc2c(n1)oc1c(N3c4nccnc4N(c4ccccc4)[C@@H]3C)c(C)ccc12. The van der Waals surface area contributed by atoms with Crippen molar-refractivity contribution in [1.29, 1.82) is 0 Å². The minimum absolute atomic E-state index is 0.0352. The van der Waals surface area contributed by atoms with E-state index >= 15 is 0 Å². The van der Waals surface area contributed by atoms with Gasteiger partial charge in [-0.05, 0) is 176 Å². The van der Waals surface area contributed by atoms with Gasteiger partial charge in [0, 0.05) is 78.9 Å². The Morgan fingerprint density at radius 1 is 0.257 bits per heavy atom. The summed E-state index contributed by atoms with van der Waals surface area (Å²) >= 11 is 0. The maximum Gasteiger partial charge on any atom is 0.227 e. The Balaban J connectivity index is 0.000000109. The molecule has 3 aliphatic heterocycles. The molecule has 0 saturated heterocycles. The first kappa shape index (κ1) is 60.6. The van der Waals surface area contributed by atoms with Crippen LogP contribution in [0.4, 0.5) is 69.0 Å². The molecule has 3 atom stereocenters. The van der Waals surface area contributed by atoms with Crippen molar-refractivity contribution in [3.63, 3.8) is 0 Å². The lowest BCUT2D eigenvalue weighted by Gasteiger charge is -2.30. The molecule has 12 heterocycles. The largest absolute Gasteiger partial charge is 0.435 e. The predicted molar refractivity (Wildman–Crippen MR) is 405 cm³/mol. The average molecular weight is 1320 g/mol. The minimum Gasteiger partial charge on any atom is -0.435 e. The Kier molecular flexibility index (Phi) is 14.2. The van der Waals surface area contributed by atoms with Gasteiger partial charge in [-0.15, -0.1) is 0 Å². The second-order valence-corrected chi connectivity index (χ2v) is 26.1. The first-order valence-corrected chi connectivity index (χ1v) is 34.0. The fraction of sp³-hybridized carbons (Fsp3) is 0.145. The van der Waals surface area contributed by atoms with Crippen LogP contribution in [0.1, 0.15) is 54.5 Å². The Morgan fingerprint density at radius 3 is 0.832 bits per heavy atom. The summed E-state index contributed by atoms with van der Waals surface area (Å²) in [6.45, 7) is 18.8. The number of pyridine rings is 3. The van der Waals surface area contributed by atoms with Gasteiger partial charge in [0.15, 0.2) is 51.7 Å². The maximum atomic E-state index is 6.43. The van der Waals surface area contributed by atoms with Gasteiger partial charge in [-0.3, -0.25) is 14.7 Å². The zero-order valence-electron chi connectivity index (χ0n) is 57.0. The van der Waals surface area contributed by atoms with Crippen molar-refractivity contribution in [2.75, 3.05) is 29.4 Å². The van der Waals surface area contributed by atoms with E-state index in [0.29, 0.717) is 17.1 Å². The Labute approximate surface area is 581 Å². The summed E-state index contributed by atoms with van der Waals surface area (Å²) in [6, 6.07) is 72.2. The highest BCUT2D eigenvalue weighted by Crippen LogP contribution is 2.53. The number of furan rings is 3. The van der Waals surface area contributed by atoms with Crippen molar-refractivity contribution in [3.8, 4) is 0 Å². The number of aryl methyl sites for hydroxylation is 6. The molecular weight excluding hydrogens is 1260 g/mol. The number of anilines is 12. The first-order valence-electron chi connectivity index (χ1n) is 34.0. The van der Waals surface area contributed by atoms with Crippen LogP contribution in [0.2, 0.25) is 0 Å². The summed E-state index contributed by atoms with van der Waals surface area (Å²) in [5.74, 6) is 4.97. The van der Waals surface area contributed by atoms with Crippen LogP contribution in [0.5, 0.6) is 0 Å². The summed E-state index contributed by atoms with van der Waals surface area (Å²) in [7, 11) is 0. The molecule has 0 aliphatic carbocycles. The number of hydrogen-bond acceptors (Lipinski definition) is 18. The summed E-state index contributed by atoms with van der Waals surface area (Å²) in [5.41, 5.74) is 20.3. The van der Waals surface area contributed by atoms with Crippen molar-refractivity contribution in [2.45, 2.75) is 80.8 Å². The molecule has 0 amide bonds. The van der Waals surface area contributed by atoms with Crippen LogP contribution in [0.3, 0.4) is 0 Å². The van der Waals surface area contributed by atoms with Crippen LogP contribution in [0, 0.1) is 41.5 Å². The van der Waals surface area contributed by atoms with E-state index < -0.39 is 0 Å². The topological polar surface area (TPSA) is 175 Å². The van der Waals surface area contributed by atoms with Crippen molar-refractivity contribution in [2.24, 2.45) is 0 Å². The van der Waals surface area contributed by atoms with Crippen molar-refractivity contribution in [3.05, 3.63) is 258 Å². The summed E-state index contributed by atoms with van der Waals surface area (Å²) < 4.78 is 19.2. The number of hydrogen-bond donors (Lipinski definition) is 0. The van der Waals surface area contributed by atoms with E-state index in [-0.39, 0.29) is 18.5 Å². The minimum atomic E-state index is -0.0728. The number of para-hydroxylation sites is 7. The maximum absolute atomic E-state index is 6.43. The normalized spacial score (nSPS) is 15.6. The lowest BCUT2D eigenvalue weighted by atomic mass is 10.1. The van der Waals surface area contributed by atoms with Crippen LogP contribution >= 0.6 is 0 Å². The third kappa shape index (κ3) is 9.79. The van der Waals surface area contributed by atoms with E-state index in [4.69, 9.17) is 38.2 Å². The number of benzene rings is 8. The smallest absolute Gasteiger partial charge is 0.227 e. The van der Waals surface area contributed by atoms with Gasteiger partial charge in [-0.2, -0.15) is 0 Å². The summed E-state index contributed by atoms with van der Waals surface area (Å²) in [4.78, 5) is 57.2. The van der Waals surface area contributed by atoms with E-state index in [2.05, 4.69) is 206 Å². The van der Waals surface area contributed by atoms with Gasteiger partial charge < -0.3 is 28.0 Å². The number of nitrogens with zero attached hydrogens (tertiary/aromatic N) is 15. The zero-order chi connectivity index (χ0) is 68.5. The molecule has 20 rings (SSSR count). The zero-order valence-corrected chi connectivity index (χ0v) is 57.0. The standard InChI is InChI=1S/2C29H23N5O.C25H21N5O/c2*1-17-13-15-21-22-16-14-18(2)30-29(22)35-26(21)25(17)34-19(3)33(20-9-5-4-6-10-20)27-28(34)32-24-12-8-7-11-23(24)31-27;1-15-9-11-19-20-12-10-16(2)28-25(20)31-22(19)21(15)30-17(3)29(18-7-5-4-6-8-18)23-24(30)27-14-13-26-23/h2*4-16,19H,1-3H3;4-14,17H,1-3H3/t2*19-;17-/m000/s1. The molecule has 18 nitrogen and oxygen atoms in total. The molecule has 101 heavy (non-hydrogen) atoms. The van der Waals surface area contributed by atoms with Gasteiger partial charge in [0.25, 0.3) is 0 Å². The van der Waals surface area contributed by atoms with Crippen molar-refractivity contribution >= 4 is 157 Å².